The van der Waals surface area contributed by atoms with Crippen molar-refractivity contribution < 1.29 is 14.3 Å². The van der Waals surface area contributed by atoms with Gasteiger partial charge in [-0.3, -0.25) is 4.79 Å². The predicted molar refractivity (Wildman–Crippen MR) is 101 cm³/mol. The van der Waals surface area contributed by atoms with Gasteiger partial charge in [0, 0.05) is 19.0 Å². The van der Waals surface area contributed by atoms with E-state index in [0.717, 1.165) is 32.4 Å². The number of likely N-dealkylation sites (tertiary alicyclic amines) is 1. The minimum Gasteiger partial charge on any atom is -0.447 e. The first-order valence-electron chi connectivity index (χ1n) is 10.3. The van der Waals surface area contributed by atoms with Gasteiger partial charge in [-0.15, -0.1) is 0 Å². The van der Waals surface area contributed by atoms with Crippen LogP contribution < -0.4 is 5.32 Å². The highest BCUT2D eigenvalue weighted by atomic mass is 16.6. The fraction of sp³-hybridized carbons (Fsp3) is 0.636. The number of alkyl carbamates (subject to hydrolysis) is 1. The third kappa shape index (κ3) is 2.91. The zero-order valence-corrected chi connectivity index (χ0v) is 16.1. The van der Waals surface area contributed by atoms with Gasteiger partial charge in [-0.05, 0) is 54.1 Å². The third-order valence-corrected chi connectivity index (χ3v) is 6.96. The molecule has 1 aromatic rings. The lowest BCUT2D eigenvalue weighted by molar-refractivity contribution is -0.140. The molecule has 27 heavy (non-hydrogen) atoms. The van der Waals surface area contributed by atoms with Crippen molar-refractivity contribution in [3.8, 4) is 0 Å². The standard InChI is InChI=1S/C22H28N2O3/c1-13(2)6-14-4-3-5-15(7-14)19-17-10-24(11-18(17)19)20(25)16-8-22(9-16)12-27-21(26)23-22/h3-5,7,13,16-19H,6,8-12H2,1-2H3,(H,23,26)/t16-,17-,18+,19+,22+. The summed E-state index contributed by atoms with van der Waals surface area (Å²) < 4.78 is 5.01. The summed E-state index contributed by atoms with van der Waals surface area (Å²) in [6.45, 7) is 6.73. The second-order valence-corrected chi connectivity index (χ2v) is 9.53. The molecule has 0 unspecified atom stereocenters. The van der Waals surface area contributed by atoms with E-state index in [1.807, 2.05) is 0 Å². The van der Waals surface area contributed by atoms with Gasteiger partial charge in [-0.2, -0.15) is 0 Å². The molecule has 2 heterocycles. The van der Waals surface area contributed by atoms with Crippen LogP contribution in [-0.4, -0.2) is 42.1 Å². The largest absolute Gasteiger partial charge is 0.447 e. The number of nitrogens with one attached hydrogen (secondary N) is 1. The average Bonchev–Trinajstić information content (AvgIpc) is 2.92. The normalized spacial score (nSPS) is 36.4. The molecule has 2 aliphatic heterocycles. The molecular formula is C22H28N2O3. The van der Waals surface area contributed by atoms with E-state index in [1.165, 1.54) is 11.1 Å². The molecule has 0 bridgehead atoms. The number of nitrogens with zero attached hydrogens (tertiary/aromatic N) is 1. The van der Waals surface area contributed by atoms with E-state index in [-0.39, 0.29) is 23.5 Å². The Morgan fingerprint density at radius 2 is 2.04 bits per heavy atom. The number of cyclic esters (lactones) is 1. The highest BCUT2D eigenvalue weighted by Gasteiger charge is 2.59. The zero-order chi connectivity index (χ0) is 18.8. The van der Waals surface area contributed by atoms with Gasteiger partial charge >= 0.3 is 6.09 Å². The molecule has 4 aliphatic rings. The Kier molecular flexibility index (Phi) is 3.78. The SMILES string of the molecule is CC(C)Cc1cccc([C@H]2[C@@H]3CN(C(=O)[C@H]4C[C@]5(COC(=O)N5)C4)C[C@@H]32)c1. The molecule has 2 amide bonds. The molecule has 0 aromatic heterocycles. The van der Waals surface area contributed by atoms with Gasteiger partial charge in [0.15, 0.2) is 0 Å². The third-order valence-electron chi connectivity index (χ3n) is 6.96. The minimum atomic E-state index is -0.342. The van der Waals surface area contributed by atoms with Crippen LogP contribution >= 0.6 is 0 Å². The molecule has 2 saturated carbocycles. The van der Waals surface area contributed by atoms with Gasteiger partial charge in [0.1, 0.15) is 6.61 Å². The molecule has 4 fully saturated rings. The molecule has 3 atom stereocenters. The number of rotatable bonds is 4. The van der Waals surface area contributed by atoms with Crippen LogP contribution in [0.25, 0.3) is 0 Å². The molecular weight excluding hydrogens is 340 g/mol. The van der Waals surface area contributed by atoms with Gasteiger partial charge < -0.3 is 15.0 Å². The minimum absolute atomic E-state index is 0.0531. The van der Waals surface area contributed by atoms with Crippen molar-refractivity contribution >= 4 is 12.0 Å². The first kappa shape index (κ1) is 17.1. The van der Waals surface area contributed by atoms with E-state index < -0.39 is 0 Å². The van der Waals surface area contributed by atoms with Crippen molar-refractivity contribution in [2.75, 3.05) is 19.7 Å². The Morgan fingerprint density at radius 1 is 1.30 bits per heavy atom. The van der Waals surface area contributed by atoms with E-state index in [1.54, 1.807) is 0 Å². The van der Waals surface area contributed by atoms with E-state index >= 15 is 0 Å². The molecule has 144 valence electrons. The van der Waals surface area contributed by atoms with Crippen LogP contribution in [0.2, 0.25) is 0 Å². The zero-order valence-electron chi connectivity index (χ0n) is 16.1. The molecule has 1 spiro atoms. The van der Waals surface area contributed by atoms with Crippen molar-refractivity contribution in [2.24, 2.45) is 23.7 Å². The Morgan fingerprint density at radius 3 is 2.67 bits per heavy atom. The molecule has 2 aliphatic carbocycles. The predicted octanol–water partition coefficient (Wildman–Crippen LogP) is 2.95. The topological polar surface area (TPSA) is 58.6 Å². The van der Waals surface area contributed by atoms with Crippen LogP contribution in [0.5, 0.6) is 0 Å². The number of carbonyl (C=O) groups excluding carboxylic acids is 2. The number of amides is 2. The number of hydrogen-bond acceptors (Lipinski definition) is 3. The Bertz CT molecular complexity index is 772. The number of carbonyl (C=O) groups is 2. The number of piperidine rings is 1. The van der Waals surface area contributed by atoms with Gasteiger partial charge in [0.2, 0.25) is 5.91 Å². The van der Waals surface area contributed by atoms with Gasteiger partial charge in [-0.1, -0.05) is 38.1 Å². The molecule has 0 radical (unpaired) electrons. The Hall–Kier alpha value is -2.04. The highest BCUT2D eigenvalue weighted by molar-refractivity contribution is 5.82. The van der Waals surface area contributed by atoms with E-state index in [2.05, 4.69) is 48.3 Å². The maximum atomic E-state index is 12.8. The lowest BCUT2D eigenvalue weighted by Gasteiger charge is -2.43. The maximum Gasteiger partial charge on any atom is 0.407 e. The molecule has 1 aromatic carbocycles. The van der Waals surface area contributed by atoms with Crippen LogP contribution in [0, 0.1) is 23.7 Å². The van der Waals surface area contributed by atoms with Crippen LogP contribution in [0.3, 0.4) is 0 Å². The number of benzene rings is 1. The Balaban J connectivity index is 1.16. The van der Waals surface area contributed by atoms with Crippen molar-refractivity contribution in [2.45, 2.75) is 44.6 Å². The van der Waals surface area contributed by atoms with E-state index in [4.69, 9.17) is 4.74 Å². The summed E-state index contributed by atoms with van der Waals surface area (Å²) >= 11 is 0. The maximum absolute atomic E-state index is 12.8. The number of hydrogen-bond donors (Lipinski definition) is 1. The molecule has 1 N–H and O–H groups in total. The van der Waals surface area contributed by atoms with Crippen molar-refractivity contribution in [3.05, 3.63) is 35.4 Å². The van der Waals surface area contributed by atoms with E-state index in [0.29, 0.717) is 30.3 Å². The van der Waals surface area contributed by atoms with Crippen molar-refractivity contribution in [1.29, 1.82) is 0 Å². The van der Waals surface area contributed by atoms with Crippen molar-refractivity contribution in [3.63, 3.8) is 0 Å². The monoisotopic (exact) mass is 368 g/mol. The van der Waals surface area contributed by atoms with Gasteiger partial charge in [0.05, 0.1) is 5.54 Å². The first-order valence-corrected chi connectivity index (χ1v) is 10.3. The molecule has 5 heteroatoms. The van der Waals surface area contributed by atoms with E-state index in [9.17, 15) is 9.59 Å². The first-order chi connectivity index (χ1) is 12.9. The second kappa shape index (κ2) is 5.98. The Labute approximate surface area is 160 Å². The number of fused-ring (bicyclic) bond motifs is 1. The van der Waals surface area contributed by atoms with Gasteiger partial charge in [0.25, 0.3) is 0 Å². The van der Waals surface area contributed by atoms with Crippen LogP contribution in [-0.2, 0) is 16.0 Å². The summed E-state index contributed by atoms with van der Waals surface area (Å²) in [6, 6.07) is 9.07. The lowest BCUT2D eigenvalue weighted by Crippen LogP contribution is -2.58. The quantitative estimate of drug-likeness (QED) is 0.889. The summed E-state index contributed by atoms with van der Waals surface area (Å²) in [5.74, 6) is 2.90. The van der Waals surface area contributed by atoms with Gasteiger partial charge in [-0.25, -0.2) is 4.79 Å². The average molecular weight is 368 g/mol. The van der Waals surface area contributed by atoms with Crippen LogP contribution in [0.4, 0.5) is 4.79 Å². The smallest absolute Gasteiger partial charge is 0.407 e. The molecule has 2 saturated heterocycles. The summed E-state index contributed by atoms with van der Waals surface area (Å²) in [6.07, 6.45) is 2.24. The summed E-state index contributed by atoms with van der Waals surface area (Å²) in [4.78, 5) is 26.1. The summed E-state index contributed by atoms with van der Waals surface area (Å²) in [7, 11) is 0. The number of ether oxygens (including phenoxy) is 1. The molecule has 5 rings (SSSR count). The fourth-order valence-electron chi connectivity index (χ4n) is 5.63. The van der Waals surface area contributed by atoms with Crippen LogP contribution in [0.1, 0.15) is 43.7 Å². The second-order valence-electron chi connectivity index (χ2n) is 9.53. The highest BCUT2D eigenvalue weighted by Crippen LogP contribution is 2.58. The molecule has 5 nitrogen and oxygen atoms in total. The summed E-state index contributed by atoms with van der Waals surface area (Å²) in [5, 5.41) is 2.88. The van der Waals surface area contributed by atoms with Crippen LogP contribution in [0.15, 0.2) is 24.3 Å². The fourth-order valence-corrected chi connectivity index (χ4v) is 5.63. The lowest BCUT2D eigenvalue weighted by atomic mass is 9.68. The van der Waals surface area contributed by atoms with Crippen molar-refractivity contribution in [1.82, 2.24) is 10.2 Å². The summed E-state index contributed by atoms with van der Waals surface area (Å²) in [5.41, 5.74) is 2.63.